The minimum atomic E-state index is -0.861. The number of benzene rings is 1. The highest BCUT2D eigenvalue weighted by Crippen LogP contribution is 2.26. The third-order valence-corrected chi connectivity index (χ3v) is 5.33. The summed E-state index contributed by atoms with van der Waals surface area (Å²) in [6.45, 7) is 1.99. The van der Waals surface area contributed by atoms with Gasteiger partial charge in [0.1, 0.15) is 11.4 Å². The lowest BCUT2D eigenvalue weighted by Gasteiger charge is -2.31. The average Bonchev–Trinajstić information content (AvgIpc) is 2.91. The molecule has 3 heterocycles. The maximum Gasteiger partial charge on any atom is 0.244 e. The number of nitrogens with zero attached hydrogens (tertiary/aromatic N) is 3. The fraction of sp³-hybridized carbons (Fsp3) is 0.526. The third kappa shape index (κ3) is 3.37. The molecular formula is C19H25N5O2. The molecule has 7 heteroatoms. The summed E-state index contributed by atoms with van der Waals surface area (Å²) in [5.74, 6) is 1.76. The summed E-state index contributed by atoms with van der Waals surface area (Å²) in [5.41, 5.74) is 7.10. The fourth-order valence-electron chi connectivity index (χ4n) is 3.65. The number of nitrogens with two attached hydrogens (primary N) is 1. The van der Waals surface area contributed by atoms with Crippen LogP contribution in [0.1, 0.15) is 37.9 Å². The minimum Gasteiger partial charge on any atom is -0.381 e. The van der Waals surface area contributed by atoms with Gasteiger partial charge in [0.15, 0.2) is 5.82 Å². The van der Waals surface area contributed by atoms with Crippen molar-refractivity contribution in [3.8, 4) is 11.4 Å². The highest BCUT2D eigenvalue weighted by atomic mass is 16.5. The number of anilines is 1. The van der Waals surface area contributed by atoms with Gasteiger partial charge in [-0.25, -0.2) is 0 Å². The Morgan fingerprint density at radius 2 is 2.04 bits per heavy atom. The standard InChI is InChI=1S/C19H25N5O2/c20-19(8-11-26-12-9-19)18(25)21-15-6-4-5-14(13-15)17-23-22-16-7-2-1-3-10-24(16)17/h4-6,13H,1-3,7-12,20H2,(H,21,25). The number of carbonyl (C=O) groups excluding carboxylic acids is 1. The quantitative estimate of drug-likeness (QED) is 0.879. The molecular weight excluding hydrogens is 330 g/mol. The van der Waals surface area contributed by atoms with Crippen molar-refractivity contribution in [2.45, 2.75) is 50.6 Å². The molecule has 4 rings (SSSR count). The first-order valence-corrected chi connectivity index (χ1v) is 9.36. The molecule has 1 saturated heterocycles. The monoisotopic (exact) mass is 355 g/mol. The van der Waals surface area contributed by atoms with E-state index in [1.807, 2.05) is 24.3 Å². The van der Waals surface area contributed by atoms with E-state index in [-0.39, 0.29) is 5.91 Å². The van der Waals surface area contributed by atoms with E-state index >= 15 is 0 Å². The molecule has 0 aliphatic carbocycles. The molecule has 1 aromatic carbocycles. The zero-order valence-corrected chi connectivity index (χ0v) is 14.9. The molecule has 0 spiro atoms. The first-order chi connectivity index (χ1) is 12.7. The smallest absolute Gasteiger partial charge is 0.244 e. The summed E-state index contributed by atoms with van der Waals surface area (Å²) in [5, 5.41) is 11.7. The molecule has 7 nitrogen and oxygen atoms in total. The van der Waals surface area contributed by atoms with Gasteiger partial charge < -0.3 is 20.4 Å². The maximum atomic E-state index is 12.6. The van der Waals surface area contributed by atoms with E-state index in [1.165, 1.54) is 6.42 Å². The van der Waals surface area contributed by atoms with Crippen LogP contribution in [0.15, 0.2) is 24.3 Å². The van der Waals surface area contributed by atoms with Crippen molar-refractivity contribution in [1.29, 1.82) is 0 Å². The summed E-state index contributed by atoms with van der Waals surface area (Å²) in [6.07, 6.45) is 5.58. The molecule has 0 radical (unpaired) electrons. The molecule has 0 bridgehead atoms. The van der Waals surface area contributed by atoms with E-state index in [4.69, 9.17) is 10.5 Å². The zero-order chi connectivity index (χ0) is 18.0. The topological polar surface area (TPSA) is 95.1 Å². The van der Waals surface area contributed by atoms with Crippen LogP contribution >= 0.6 is 0 Å². The maximum absolute atomic E-state index is 12.6. The second kappa shape index (κ2) is 7.17. The number of aryl methyl sites for hydroxylation is 1. The predicted octanol–water partition coefficient (Wildman–Crippen LogP) is 2.12. The largest absolute Gasteiger partial charge is 0.381 e. The third-order valence-electron chi connectivity index (χ3n) is 5.33. The molecule has 1 aromatic heterocycles. The lowest BCUT2D eigenvalue weighted by molar-refractivity contribution is -0.124. The van der Waals surface area contributed by atoms with E-state index in [0.29, 0.717) is 26.1 Å². The Kier molecular flexibility index (Phi) is 4.74. The van der Waals surface area contributed by atoms with Gasteiger partial charge in [-0.2, -0.15) is 0 Å². The second-order valence-electron chi connectivity index (χ2n) is 7.21. The van der Waals surface area contributed by atoms with Crippen LogP contribution in [0.2, 0.25) is 0 Å². The molecule has 0 saturated carbocycles. The van der Waals surface area contributed by atoms with Crippen LogP contribution in [0.25, 0.3) is 11.4 Å². The van der Waals surface area contributed by atoms with Gasteiger partial charge in [-0.1, -0.05) is 18.6 Å². The molecule has 26 heavy (non-hydrogen) atoms. The van der Waals surface area contributed by atoms with Crippen molar-refractivity contribution in [2.24, 2.45) is 5.73 Å². The summed E-state index contributed by atoms with van der Waals surface area (Å²) in [7, 11) is 0. The summed E-state index contributed by atoms with van der Waals surface area (Å²) >= 11 is 0. The number of aromatic nitrogens is 3. The van der Waals surface area contributed by atoms with E-state index < -0.39 is 5.54 Å². The summed E-state index contributed by atoms with van der Waals surface area (Å²) < 4.78 is 7.52. The van der Waals surface area contributed by atoms with E-state index in [2.05, 4.69) is 20.1 Å². The Morgan fingerprint density at radius 1 is 1.19 bits per heavy atom. The van der Waals surface area contributed by atoms with Gasteiger partial charge in [0.25, 0.3) is 0 Å². The molecule has 0 unspecified atom stereocenters. The van der Waals surface area contributed by atoms with Gasteiger partial charge in [0, 0.05) is 37.4 Å². The molecule has 0 atom stereocenters. The van der Waals surface area contributed by atoms with Crippen LogP contribution in [0, 0.1) is 0 Å². The van der Waals surface area contributed by atoms with Crippen molar-refractivity contribution < 1.29 is 9.53 Å². The molecule has 2 aliphatic rings. The van der Waals surface area contributed by atoms with Crippen molar-refractivity contribution >= 4 is 11.6 Å². The summed E-state index contributed by atoms with van der Waals surface area (Å²) in [6, 6.07) is 7.76. The number of rotatable bonds is 3. The molecule has 2 aromatic rings. The molecule has 1 amide bonds. The van der Waals surface area contributed by atoms with E-state index in [9.17, 15) is 4.79 Å². The van der Waals surface area contributed by atoms with Crippen molar-refractivity contribution in [2.75, 3.05) is 18.5 Å². The van der Waals surface area contributed by atoms with E-state index in [1.54, 1.807) is 0 Å². The van der Waals surface area contributed by atoms with Crippen molar-refractivity contribution in [1.82, 2.24) is 14.8 Å². The zero-order valence-electron chi connectivity index (χ0n) is 14.9. The van der Waals surface area contributed by atoms with Crippen LogP contribution < -0.4 is 11.1 Å². The molecule has 1 fully saturated rings. The number of ether oxygens (including phenoxy) is 1. The normalized spacial score (nSPS) is 19.4. The number of nitrogens with one attached hydrogen (secondary N) is 1. The van der Waals surface area contributed by atoms with Crippen LogP contribution in [0.4, 0.5) is 5.69 Å². The fourth-order valence-corrected chi connectivity index (χ4v) is 3.65. The Hall–Kier alpha value is -2.25. The van der Waals surface area contributed by atoms with Crippen molar-refractivity contribution in [3.63, 3.8) is 0 Å². The van der Waals surface area contributed by atoms with Gasteiger partial charge in [-0.15, -0.1) is 10.2 Å². The minimum absolute atomic E-state index is 0.155. The lowest BCUT2D eigenvalue weighted by atomic mass is 9.90. The summed E-state index contributed by atoms with van der Waals surface area (Å²) in [4.78, 5) is 12.6. The molecule has 2 aliphatic heterocycles. The number of amides is 1. The van der Waals surface area contributed by atoms with Crippen LogP contribution in [0.5, 0.6) is 0 Å². The Labute approximate surface area is 152 Å². The number of hydrogen-bond acceptors (Lipinski definition) is 5. The lowest BCUT2D eigenvalue weighted by Crippen LogP contribution is -2.54. The predicted molar refractivity (Wildman–Crippen MR) is 98.6 cm³/mol. The first kappa shape index (κ1) is 17.2. The Bertz CT molecular complexity index is 795. The Balaban J connectivity index is 1.56. The molecule has 138 valence electrons. The Morgan fingerprint density at radius 3 is 2.88 bits per heavy atom. The number of carbonyl (C=O) groups is 1. The van der Waals surface area contributed by atoms with Gasteiger partial charge in [0.2, 0.25) is 5.91 Å². The first-order valence-electron chi connectivity index (χ1n) is 9.36. The average molecular weight is 355 g/mol. The van der Waals surface area contributed by atoms with Crippen LogP contribution in [-0.2, 0) is 22.5 Å². The van der Waals surface area contributed by atoms with Gasteiger partial charge in [-0.05, 0) is 37.8 Å². The van der Waals surface area contributed by atoms with Gasteiger partial charge in [0.05, 0.1) is 0 Å². The van der Waals surface area contributed by atoms with Gasteiger partial charge >= 0.3 is 0 Å². The van der Waals surface area contributed by atoms with Gasteiger partial charge in [-0.3, -0.25) is 4.79 Å². The van der Waals surface area contributed by atoms with Crippen LogP contribution in [-0.4, -0.2) is 39.4 Å². The van der Waals surface area contributed by atoms with Crippen molar-refractivity contribution in [3.05, 3.63) is 30.1 Å². The highest BCUT2D eigenvalue weighted by molar-refractivity contribution is 5.98. The van der Waals surface area contributed by atoms with E-state index in [0.717, 1.165) is 48.7 Å². The highest BCUT2D eigenvalue weighted by Gasteiger charge is 2.36. The number of fused-ring (bicyclic) bond motifs is 1. The SMILES string of the molecule is NC1(C(=O)Nc2cccc(-c3nnc4n3CCCCC4)c2)CCOCC1. The number of hydrogen-bond donors (Lipinski definition) is 2. The second-order valence-corrected chi connectivity index (χ2v) is 7.21. The van der Waals surface area contributed by atoms with Crippen LogP contribution in [0.3, 0.4) is 0 Å². The molecule has 3 N–H and O–H groups in total.